The van der Waals surface area contributed by atoms with Gasteiger partial charge in [-0.1, -0.05) is 11.6 Å². The van der Waals surface area contributed by atoms with E-state index in [9.17, 15) is 22.4 Å². The summed E-state index contributed by atoms with van der Waals surface area (Å²) in [5.74, 6) is -0.863. The molecule has 0 saturated heterocycles. The summed E-state index contributed by atoms with van der Waals surface area (Å²) in [5, 5.41) is 2.26. The fourth-order valence-electron chi connectivity index (χ4n) is 2.19. The van der Waals surface area contributed by atoms with E-state index in [4.69, 9.17) is 11.6 Å². The van der Waals surface area contributed by atoms with E-state index < -0.39 is 23.5 Å². The lowest BCUT2D eigenvalue weighted by molar-refractivity contribution is -0.137. The monoisotopic (exact) mass is 395 g/mol. The van der Waals surface area contributed by atoms with Crippen molar-refractivity contribution in [3.05, 3.63) is 76.8 Å². The standard InChI is InChI=1S/C18H10ClF4N3O/c19-14-6-3-12(18(21,22)23)7-15(14)26-17(27)11-8-24-16(25-9-11)10-1-4-13(20)5-2-10/h1-9H,(H,26,27). The van der Waals surface area contributed by atoms with Gasteiger partial charge in [-0.15, -0.1) is 0 Å². The third-order valence-electron chi connectivity index (χ3n) is 3.56. The molecule has 1 aromatic heterocycles. The van der Waals surface area contributed by atoms with E-state index in [0.29, 0.717) is 5.56 Å². The molecule has 1 heterocycles. The van der Waals surface area contributed by atoms with Gasteiger partial charge in [0.25, 0.3) is 5.91 Å². The highest BCUT2D eigenvalue weighted by Gasteiger charge is 2.31. The average molecular weight is 396 g/mol. The minimum Gasteiger partial charge on any atom is -0.321 e. The number of halogens is 5. The summed E-state index contributed by atoms with van der Waals surface area (Å²) >= 11 is 5.85. The van der Waals surface area contributed by atoms with E-state index in [1.54, 1.807) is 0 Å². The van der Waals surface area contributed by atoms with Crippen molar-refractivity contribution < 1.29 is 22.4 Å². The number of benzene rings is 2. The fourth-order valence-corrected chi connectivity index (χ4v) is 2.35. The van der Waals surface area contributed by atoms with Gasteiger partial charge in [0.15, 0.2) is 5.82 Å². The lowest BCUT2D eigenvalue weighted by Gasteiger charge is -2.11. The Morgan fingerprint density at radius 1 is 1.00 bits per heavy atom. The molecule has 0 aliphatic carbocycles. The first-order valence-electron chi connectivity index (χ1n) is 7.50. The molecule has 3 aromatic rings. The van der Waals surface area contributed by atoms with Gasteiger partial charge in [0, 0.05) is 18.0 Å². The zero-order chi connectivity index (χ0) is 19.6. The summed E-state index contributed by atoms with van der Waals surface area (Å²) in [7, 11) is 0. The van der Waals surface area contributed by atoms with Crippen LogP contribution in [0.5, 0.6) is 0 Å². The van der Waals surface area contributed by atoms with E-state index in [-0.39, 0.29) is 22.1 Å². The van der Waals surface area contributed by atoms with Gasteiger partial charge in [-0.05, 0) is 42.5 Å². The van der Waals surface area contributed by atoms with Crippen LogP contribution in [0.15, 0.2) is 54.9 Å². The summed E-state index contributed by atoms with van der Waals surface area (Å²) in [5.41, 5.74) is -0.553. The van der Waals surface area contributed by atoms with Gasteiger partial charge < -0.3 is 5.32 Å². The largest absolute Gasteiger partial charge is 0.416 e. The highest BCUT2D eigenvalue weighted by Crippen LogP contribution is 2.34. The van der Waals surface area contributed by atoms with Crippen LogP contribution in [0.4, 0.5) is 23.2 Å². The van der Waals surface area contributed by atoms with Gasteiger partial charge in [-0.3, -0.25) is 4.79 Å². The van der Waals surface area contributed by atoms with Gasteiger partial charge in [0.1, 0.15) is 5.82 Å². The molecule has 0 bridgehead atoms. The lowest BCUT2D eigenvalue weighted by Crippen LogP contribution is -2.14. The van der Waals surface area contributed by atoms with Crippen molar-refractivity contribution >= 4 is 23.2 Å². The van der Waals surface area contributed by atoms with E-state index in [0.717, 1.165) is 18.2 Å². The Labute approximate surface area is 155 Å². The number of amides is 1. The molecule has 0 atom stereocenters. The molecule has 0 unspecified atom stereocenters. The molecule has 9 heteroatoms. The Morgan fingerprint density at radius 2 is 1.63 bits per heavy atom. The highest BCUT2D eigenvalue weighted by molar-refractivity contribution is 6.34. The highest BCUT2D eigenvalue weighted by atomic mass is 35.5. The maximum absolute atomic E-state index is 12.9. The number of carbonyl (C=O) groups is 1. The molecule has 138 valence electrons. The van der Waals surface area contributed by atoms with Crippen molar-refractivity contribution in [3.63, 3.8) is 0 Å². The Balaban J connectivity index is 1.80. The number of hydrogen-bond acceptors (Lipinski definition) is 3. The molecule has 27 heavy (non-hydrogen) atoms. The number of carbonyl (C=O) groups excluding carboxylic acids is 1. The zero-order valence-electron chi connectivity index (χ0n) is 13.4. The van der Waals surface area contributed by atoms with Gasteiger partial charge >= 0.3 is 6.18 Å². The topological polar surface area (TPSA) is 54.9 Å². The third-order valence-corrected chi connectivity index (χ3v) is 3.89. The van der Waals surface area contributed by atoms with Gasteiger partial charge in [0.05, 0.1) is 21.8 Å². The normalized spacial score (nSPS) is 11.3. The molecule has 2 aromatic carbocycles. The SMILES string of the molecule is O=C(Nc1cc(C(F)(F)F)ccc1Cl)c1cnc(-c2ccc(F)cc2)nc1. The van der Waals surface area contributed by atoms with Crippen LogP contribution in [0.1, 0.15) is 15.9 Å². The van der Waals surface area contributed by atoms with Crippen LogP contribution in [0.25, 0.3) is 11.4 Å². The van der Waals surface area contributed by atoms with Gasteiger partial charge in [-0.25, -0.2) is 14.4 Å². The Morgan fingerprint density at radius 3 is 2.22 bits per heavy atom. The molecule has 0 radical (unpaired) electrons. The molecule has 0 spiro atoms. The predicted molar refractivity (Wildman–Crippen MR) is 91.8 cm³/mol. The first kappa shape index (κ1) is 18.8. The Kier molecular flexibility index (Phi) is 5.09. The van der Waals surface area contributed by atoms with Gasteiger partial charge in [-0.2, -0.15) is 13.2 Å². The second-order valence-electron chi connectivity index (χ2n) is 5.45. The third kappa shape index (κ3) is 4.40. The minimum atomic E-state index is -4.57. The van der Waals surface area contributed by atoms with Gasteiger partial charge in [0.2, 0.25) is 0 Å². The van der Waals surface area contributed by atoms with Crippen molar-refractivity contribution in [2.75, 3.05) is 5.32 Å². The summed E-state index contributed by atoms with van der Waals surface area (Å²) in [6.07, 6.45) is -2.14. The number of rotatable bonds is 3. The van der Waals surface area contributed by atoms with Crippen LogP contribution < -0.4 is 5.32 Å². The van der Waals surface area contributed by atoms with E-state index >= 15 is 0 Å². The summed E-state index contributed by atoms with van der Waals surface area (Å²) < 4.78 is 51.3. The van der Waals surface area contributed by atoms with E-state index in [1.807, 2.05) is 0 Å². The number of alkyl halides is 3. The lowest BCUT2D eigenvalue weighted by atomic mass is 10.2. The summed E-state index contributed by atoms with van der Waals surface area (Å²) in [6.45, 7) is 0. The van der Waals surface area contributed by atoms with Crippen LogP contribution in [0, 0.1) is 5.82 Å². The van der Waals surface area contributed by atoms with Crippen molar-refractivity contribution in [2.24, 2.45) is 0 Å². The van der Waals surface area contributed by atoms with Crippen LogP contribution in [-0.2, 0) is 6.18 Å². The number of hydrogen-bond donors (Lipinski definition) is 1. The summed E-state index contributed by atoms with van der Waals surface area (Å²) in [4.78, 5) is 20.3. The predicted octanol–water partition coefficient (Wildman–Crippen LogP) is 5.21. The van der Waals surface area contributed by atoms with Crippen molar-refractivity contribution in [1.82, 2.24) is 9.97 Å². The molecule has 0 aliphatic heterocycles. The smallest absolute Gasteiger partial charge is 0.321 e. The second-order valence-corrected chi connectivity index (χ2v) is 5.86. The summed E-state index contributed by atoms with van der Waals surface area (Å²) in [6, 6.07) is 8.06. The van der Waals surface area contributed by atoms with Crippen LogP contribution >= 0.6 is 11.6 Å². The van der Waals surface area contributed by atoms with Crippen LogP contribution in [0.2, 0.25) is 5.02 Å². The maximum Gasteiger partial charge on any atom is 0.416 e. The maximum atomic E-state index is 12.9. The second kappa shape index (κ2) is 7.32. The van der Waals surface area contributed by atoms with Crippen molar-refractivity contribution in [2.45, 2.75) is 6.18 Å². The van der Waals surface area contributed by atoms with E-state index in [2.05, 4.69) is 15.3 Å². The average Bonchev–Trinajstić information content (AvgIpc) is 2.63. The molecule has 1 N–H and O–H groups in total. The molecule has 1 amide bonds. The van der Waals surface area contributed by atoms with Crippen molar-refractivity contribution in [3.8, 4) is 11.4 Å². The molecule has 0 saturated carbocycles. The Hall–Kier alpha value is -3.00. The molecule has 0 aliphatic rings. The molecular weight excluding hydrogens is 386 g/mol. The van der Waals surface area contributed by atoms with Crippen molar-refractivity contribution in [1.29, 1.82) is 0 Å². The zero-order valence-corrected chi connectivity index (χ0v) is 14.1. The number of aromatic nitrogens is 2. The quantitative estimate of drug-likeness (QED) is 0.619. The van der Waals surface area contributed by atoms with Crippen LogP contribution in [0.3, 0.4) is 0 Å². The number of nitrogens with zero attached hydrogens (tertiary/aromatic N) is 2. The first-order valence-corrected chi connectivity index (χ1v) is 7.88. The minimum absolute atomic E-state index is 0.0225. The van der Waals surface area contributed by atoms with E-state index in [1.165, 1.54) is 36.7 Å². The molecule has 3 rings (SSSR count). The number of nitrogens with one attached hydrogen (secondary N) is 1. The van der Waals surface area contributed by atoms with Crippen LogP contribution in [-0.4, -0.2) is 15.9 Å². The first-order chi connectivity index (χ1) is 12.7. The Bertz CT molecular complexity index is 973. The fraction of sp³-hybridized carbons (Fsp3) is 0.0556. The molecular formula is C18H10ClF4N3O. The molecule has 4 nitrogen and oxygen atoms in total. The number of anilines is 1. The molecule has 0 fully saturated rings.